The molecule has 1 atom stereocenters. The lowest BCUT2D eigenvalue weighted by Gasteiger charge is -2.16. The van der Waals surface area contributed by atoms with Gasteiger partial charge in [-0.15, -0.1) is 0 Å². The quantitative estimate of drug-likeness (QED) is 0.890. The van der Waals surface area contributed by atoms with E-state index in [9.17, 15) is 4.79 Å². The molecule has 0 heterocycles. The maximum Gasteiger partial charge on any atom is 0.325 e. The molecule has 5 heteroatoms. The van der Waals surface area contributed by atoms with Crippen LogP contribution in [-0.2, 0) is 11.2 Å². The van der Waals surface area contributed by atoms with Crippen molar-refractivity contribution in [2.24, 2.45) is 5.73 Å². The summed E-state index contributed by atoms with van der Waals surface area (Å²) in [5.41, 5.74) is 7.03. The van der Waals surface area contributed by atoms with Crippen LogP contribution < -0.4 is 10.5 Å². The van der Waals surface area contributed by atoms with E-state index < -0.39 is 12.0 Å². The third-order valence-corrected chi connectivity index (χ3v) is 2.80. The summed E-state index contributed by atoms with van der Waals surface area (Å²) < 4.78 is 6.03. The van der Waals surface area contributed by atoms with Crippen LogP contribution >= 0.6 is 15.9 Å². The summed E-state index contributed by atoms with van der Waals surface area (Å²) in [6, 6.07) is 2.51. The fraction of sp³-hybridized carbons (Fsp3) is 0.364. The third-order valence-electron chi connectivity index (χ3n) is 2.35. The molecule has 0 fully saturated rings. The Hall–Kier alpha value is -1.07. The summed E-state index contributed by atoms with van der Waals surface area (Å²) in [4.78, 5) is 10.9. The van der Waals surface area contributed by atoms with Crippen molar-refractivity contribution in [3.63, 3.8) is 0 Å². The van der Waals surface area contributed by atoms with Crippen LogP contribution in [0.15, 0.2) is 16.6 Å². The number of carboxylic acid groups (broad SMARTS) is 1. The van der Waals surface area contributed by atoms with E-state index in [-0.39, 0.29) is 0 Å². The van der Waals surface area contributed by atoms with Gasteiger partial charge in [-0.1, -0.05) is 22.9 Å². The van der Waals surface area contributed by atoms with Crippen LogP contribution in [0.2, 0.25) is 0 Å². The minimum absolute atomic E-state index is 0.487. The largest absolute Gasteiger partial charge is 0.496 e. The number of nitrogens with two attached hydrogens (primary N) is 1. The van der Waals surface area contributed by atoms with E-state index in [1.807, 2.05) is 13.0 Å². The molecule has 3 N–H and O–H groups in total. The van der Waals surface area contributed by atoms with Crippen LogP contribution in [0, 0.1) is 0 Å². The van der Waals surface area contributed by atoms with Crippen LogP contribution in [0.25, 0.3) is 0 Å². The lowest BCUT2D eigenvalue weighted by atomic mass is 10.0. The van der Waals surface area contributed by atoms with E-state index in [1.54, 1.807) is 6.07 Å². The minimum atomic E-state index is -1.07. The molecule has 0 saturated carbocycles. The van der Waals surface area contributed by atoms with Crippen LogP contribution in [0.1, 0.15) is 24.1 Å². The van der Waals surface area contributed by atoms with Gasteiger partial charge in [0.05, 0.1) is 7.11 Å². The first-order chi connectivity index (χ1) is 7.51. The van der Waals surface area contributed by atoms with Gasteiger partial charge in [-0.05, 0) is 24.1 Å². The predicted octanol–water partition coefficient (Wildman–Crippen LogP) is 2.10. The van der Waals surface area contributed by atoms with Crippen molar-refractivity contribution >= 4 is 21.9 Å². The van der Waals surface area contributed by atoms with Gasteiger partial charge in [-0.3, -0.25) is 4.79 Å². The highest BCUT2D eigenvalue weighted by Crippen LogP contribution is 2.32. The Kier molecular flexibility index (Phi) is 4.32. The highest BCUT2D eigenvalue weighted by atomic mass is 79.9. The number of hydrogen-bond acceptors (Lipinski definition) is 3. The van der Waals surface area contributed by atoms with Gasteiger partial charge in [0.25, 0.3) is 0 Å². The van der Waals surface area contributed by atoms with Crippen molar-refractivity contribution < 1.29 is 14.6 Å². The van der Waals surface area contributed by atoms with Gasteiger partial charge in [0.2, 0.25) is 0 Å². The number of hydrogen-bond donors (Lipinski definition) is 2. The molecule has 0 saturated heterocycles. The summed E-state index contributed by atoms with van der Waals surface area (Å²) in [6.45, 7) is 1.97. The van der Waals surface area contributed by atoms with E-state index >= 15 is 0 Å². The molecule has 1 aromatic carbocycles. The number of carboxylic acids is 1. The first-order valence-electron chi connectivity index (χ1n) is 4.86. The Morgan fingerprint density at radius 2 is 2.25 bits per heavy atom. The van der Waals surface area contributed by atoms with Gasteiger partial charge in [0, 0.05) is 10.0 Å². The van der Waals surface area contributed by atoms with Gasteiger partial charge in [-0.25, -0.2) is 0 Å². The van der Waals surface area contributed by atoms with Gasteiger partial charge in [-0.2, -0.15) is 0 Å². The monoisotopic (exact) mass is 287 g/mol. The highest BCUT2D eigenvalue weighted by molar-refractivity contribution is 9.10. The second kappa shape index (κ2) is 5.32. The van der Waals surface area contributed by atoms with Crippen molar-refractivity contribution in [2.45, 2.75) is 19.4 Å². The van der Waals surface area contributed by atoms with Crippen LogP contribution in [0.4, 0.5) is 0 Å². The molecule has 4 nitrogen and oxygen atoms in total. The van der Waals surface area contributed by atoms with Crippen molar-refractivity contribution in [3.05, 3.63) is 27.7 Å². The maximum absolute atomic E-state index is 10.9. The Bertz CT molecular complexity index is 406. The standard InChI is InChI=1S/C11H14BrNO3/c1-3-6-4-7(12)5-8(10(6)16-2)9(13)11(14)15/h4-5,9H,3,13H2,1-2H3,(H,14,15). The average molecular weight is 288 g/mol. The second-order valence-corrected chi connectivity index (χ2v) is 4.27. The molecule has 16 heavy (non-hydrogen) atoms. The number of aliphatic carboxylic acids is 1. The first kappa shape index (κ1) is 13.0. The number of ether oxygens (including phenoxy) is 1. The molecular weight excluding hydrogens is 274 g/mol. The number of rotatable bonds is 4. The zero-order chi connectivity index (χ0) is 12.3. The lowest BCUT2D eigenvalue weighted by Crippen LogP contribution is -2.21. The molecule has 0 amide bonds. The second-order valence-electron chi connectivity index (χ2n) is 3.36. The highest BCUT2D eigenvalue weighted by Gasteiger charge is 2.21. The smallest absolute Gasteiger partial charge is 0.325 e. The molecular formula is C11H14BrNO3. The zero-order valence-electron chi connectivity index (χ0n) is 9.16. The SMILES string of the molecule is CCc1cc(Br)cc(C(N)C(=O)O)c1OC. The topological polar surface area (TPSA) is 72.6 Å². The van der Waals surface area contributed by atoms with Gasteiger partial charge >= 0.3 is 5.97 Å². The fourth-order valence-electron chi connectivity index (χ4n) is 1.55. The number of aryl methyl sites for hydroxylation is 1. The normalized spacial score (nSPS) is 12.2. The van der Waals surface area contributed by atoms with Crippen molar-refractivity contribution in [1.82, 2.24) is 0 Å². The van der Waals surface area contributed by atoms with Crippen LogP contribution in [0.3, 0.4) is 0 Å². The third kappa shape index (κ3) is 2.54. The van der Waals surface area contributed by atoms with E-state index in [1.165, 1.54) is 7.11 Å². The Morgan fingerprint density at radius 3 is 2.69 bits per heavy atom. The summed E-state index contributed by atoms with van der Waals surface area (Å²) in [6.07, 6.45) is 0.752. The van der Waals surface area contributed by atoms with Gasteiger partial charge in [0.1, 0.15) is 11.8 Å². The molecule has 1 rings (SSSR count). The molecule has 0 spiro atoms. The summed E-state index contributed by atoms with van der Waals surface area (Å²) in [5.74, 6) is -0.515. The molecule has 0 bridgehead atoms. The molecule has 0 aliphatic carbocycles. The molecule has 88 valence electrons. The number of benzene rings is 1. The molecule has 0 aromatic heterocycles. The van der Waals surface area contributed by atoms with Crippen molar-refractivity contribution in [2.75, 3.05) is 7.11 Å². The van der Waals surface area contributed by atoms with Gasteiger partial charge in [0.15, 0.2) is 0 Å². The molecule has 1 unspecified atom stereocenters. The Morgan fingerprint density at radius 1 is 1.62 bits per heavy atom. The van der Waals surface area contributed by atoms with E-state index in [0.29, 0.717) is 11.3 Å². The molecule has 0 radical (unpaired) electrons. The molecule has 0 aliphatic heterocycles. The summed E-state index contributed by atoms with van der Waals surface area (Å²) >= 11 is 3.33. The zero-order valence-corrected chi connectivity index (χ0v) is 10.7. The summed E-state index contributed by atoms with van der Waals surface area (Å²) in [5, 5.41) is 8.91. The van der Waals surface area contributed by atoms with Crippen molar-refractivity contribution in [1.29, 1.82) is 0 Å². The maximum atomic E-state index is 10.9. The molecule has 0 aliphatic rings. The van der Waals surface area contributed by atoms with Gasteiger partial charge < -0.3 is 15.6 Å². The Balaban J connectivity index is 3.35. The molecule has 1 aromatic rings. The van der Waals surface area contributed by atoms with Crippen molar-refractivity contribution in [3.8, 4) is 5.75 Å². The van der Waals surface area contributed by atoms with Crippen LogP contribution in [-0.4, -0.2) is 18.2 Å². The number of halogens is 1. The lowest BCUT2D eigenvalue weighted by molar-refractivity contribution is -0.138. The average Bonchev–Trinajstić information content (AvgIpc) is 2.26. The number of carbonyl (C=O) groups is 1. The predicted molar refractivity (Wildman–Crippen MR) is 64.6 cm³/mol. The first-order valence-corrected chi connectivity index (χ1v) is 5.65. The van der Waals surface area contributed by atoms with E-state index in [4.69, 9.17) is 15.6 Å². The number of methoxy groups -OCH3 is 1. The van der Waals surface area contributed by atoms with E-state index in [0.717, 1.165) is 16.5 Å². The van der Waals surface area contributed by atoms with E-state index in [2.05, 4.69) is 15.9 Å². The fourth-order valence-corrected chi connectivity index (χ4v) is 2.07. The minimum Gasteiger partial charge on any atom is -0.496 e. The van der Waals surface area contributed by atoms with Crippen LogP contribution in [0.5, 0.6) is 5.75 Å². The summed E-state index contributed by atoms with van der Waals surface area (Å²) in [7, 11) is 1.51. The Labute approximate surface area is 103 Å².